The highest BCUT2D eigenvalue weighted by Crippen LogP contribution is 2.27. The smallest absolute Gasteiger partial charge is 0.264 e. The molecule has 3 rings (SSSR count). The van der Waals surface area contributed by atoms with E-state index in [0.717, 1.165) is 30.3 Å². The van der Waals surface area contributed by atoms with E-state index in [4.69, 9.17) is 4.74 Å². The van der Waals surface area contributed by atoms with Gasteiger partial charge in [-0.2, -0.15) is 0 Å². The number of methoxy groups -OCH3 is 1. The molecule has 1 unspecified atom stereocenters. The van der Waals surface area contributed by atoms with Crippen molar-refractivity contribution in [1.29, 1.82) is 0 Å². The van der Waals surface area contributed by atoms with Crippen LogP contribution in [0.4, 0.5) is 13.2 Å². The second-order valence-corrected chi connectivity index (χ2v) is 8.57. The highest BCUT2D eigenvalue weighted by Gasteiger charge is 2.30. The predicted molar refractivity (Wildman–Crippen MR) is 102 cm³/mol. The third-order valence-corrected chi connectivity index (χ3v) is 5.77. The fourth-order valence-corrected chi connectivity index (χ4v) is 4.10. The lowest BCUT2D eigenvalue weighted by atomic mass is 10.0. The fraction of sp³-hybridized carbons (Fsp3) is 0.263. The molecule has 160 valence electrons. The predicted octanol–water partition coefficient (Wildman–Crippen LogP) is 3.16. The highest BCUT2D eigenvalue weighted by atomic mass is 32.2. The Balaban J connectivity index is 1.99. The second kappa shape index (κ2) is 7.98. The first-order valence-electron chi connectivity index (χ1n) is 8.76. The number of carbonyl (C=O) groups is 1. The van der Waals surface area contributed by atoms with Gasteiger partial charge in [-0.1, -0.05) is 13.8 Å². The van der Waals surface area contributed by atoms with Crippen molar-refractivity contribution >= 4 is 27.0 Å². The van der Waals surface area contributed by atoms with Crippen molar-refractivity contribution in [2.24, 2.45) is 5.92 Å². The van der Waals surface area contributed by atoms with Crippen molar-refractivity contribution in [3.05, 3.63) is 54.1 Å². The molecule has 0 aliphatic rings. The van der Waals surface area contributed by atoms with Crippen LogP contribution in [0.5, 0.6) is 5.75 Å². The standard InChI is InChI=1S/C19H18F3N3O4S/c1-10(2)18(25-9-23-16-7-14(21)15(22)8-17(16)25)19(26)24-30(27,28)13-5-11(20)4-12(6-13)29-3/h4-10,18H,1-3H3,(H,24,26). The Morgan fingerprint density at radius 3 is 2.40 bits per heavy atom. The van der Waals surface area contributed by atoms with Crippen LogP contribution in [0.3, 0.4) is 0 Å². The number of fused-ring (bicyclic) bond motifs is 1. The number of nitrogens with one attached hydrogen (secondary N) is 1. The van der Waals surface area contributed by atoms with Gasteiger partial charge in [0.1, 0.15) is 17.6 Å². The first-order valence-corrected chi connectivity index (χ1v) is 10.2. The molecule has 0 spiro atoms. The molecule has 30 heavy (non-hydrogen) atoms. The molecule has 0 saturated carbocycles. The Kier molecular flexibility index (Phi) is 5.75. The molecule has 0 radical (unpaired) electrons. The molecular weight excluding hydrogens is 423 g/mol. The maximum absolute atomic E-state index is 13.7. The molecule has 1 N–H and O–H groups in total. The number of aromatic nitrogens is 2. The van der Waals surface area contributed by atoms with Crippen molar-refractivity contribution in [2.45, 2.75) is 24.8 Å². The van der Waals surface area contributed by atoms with E-state index in [1.165, 1.54) is 18.0 Å². The number of hydrogen-bond acceptors (Lipinski definition) is 5. The van der Waals surface area contributed by atoms with E-state index in [2.05, 4.69) is 4.98 Å². The Morgan fingerprint density at radius 2 is 1.77 bits per heavy atom. The molecule has 1 aromatic heterocycles. The third-order valence-electron chi connectivity index (χ3n) is 4.44. The zero-order valence-corrected chi connectivity index (χ0v) is 17.0. The molecular formula is C19H18F3N3O4S. The van der Waals surface area contributed by atoms with Crippen LogP contribution in [-0.4, -0.2) is 31.0 Å². The summed E-state index contributed by atoms with van der Waals surface area (Å²) in [4.78, 5) is 16.3. The minimum atomic E-state index is -4.44. The SMILES string of the molecule is COc1cc(F)cc(S(=O)(=O)NC(=O)C(C(C)C)n2cnc3cc(F)c(F)cc32)c1. The summed E-state index contributed by atoms with van der Waals surface area (Å²) in [7, 11) is -3.20. The van der Waals surface area contributed by atoms with Gasteiger partial charge in [0.05, 0.1) is 29.4 Å². The number of nitrogens with zero attached hydrogens (tertiary/aromatic N) is 2. The third kappa shape index (κ3) is 4.11. The molecule has 11 heteroatoms. The summed E-state index contributed by atoms with van der Waals surface area (Å²) in [6, 6.07) is 3.44. The molecule has 0 saturated heterocycles. The van der Waals surface area contributed by atoms with Crippen LogP contribution in [0, 0.1) is 23.4 Å². The minimum Gasteiger partial charge on any atom is -0.497 e. The van der Waals surface area contributed by atoms with E-state index < -0.39 is 50.2 Å². The molecule has 0 aliphatic carbocycles. The van der Waals surface area contributed by atoms with Crippen molar-refractivity contribution in [1.82, 2.24) is 14.3 Å². The maximum atomic E-state index is 13.7. The molecule has 7 nitrogen and oxygen atoms in total. The van der Waals surface area contributed by atoms with Crippen LogP contribution in [-0.2, 0) is 14.8 Å². The monoisotopic (exact) mass is 441 g/mol. The van der Waals surface area contributed by atoms with Gasteiger partial charge in [0.15, 0.2) is 11.6 Å². The maximum Gasteiger partial charge on any atom is 0.264 e. The summed E-state index contributed by atoms with van der Waals surface area (Å²) in [5.41, 5.74) is 0.220. The molecule has 1 atom stereocenters. The molecule has 3 aromatic rings. The fourth-order valence-electron chi connectivity index (χ4n) is 3.06. The van der Waals surface area contributed by atoms with Crippen molar-refractivity contribution in [3.8, 4) is 5.75 Å². The van der Waals surface area contributed by atoms with Gasteiger partial charge in [-0.3, -0.25) is 4.79 Å². The molecule has 0 bridgehead atoms. The quantitative estimate of drug-likeness (QED) is 0.635. The summed E-state index contributed by atoms with van der Waals surface area (Å²) in [6.07, 6.45) is 1.20. The van der Waals surface area contributed by atoms with Gasteiger partial charge in [0, 0.05) is 24.3 Å². The number of rotatable bonds is 6. The van der Waals surface area contributed by atoms with Crippen LogP contribution in [0.15, 0.2) is 41.6 Å². The lowest BCUT2D eigenvalue weighted by Gasteiger charge is -2.22. The minimum absolute atomic E-state index is 0.0404. The number of imidazole rings is 1. The number of carbonyl (C=O) groups excluding carboxylic acids is 1. The molecule has 2 aromatic carbocycles. The average Bonchev–Trinajstić information content (AvgIpc) is 3.03. The lowest BCUT2D eigenvalue weighted by Crippen LogP contribution is -2.38. The number of amides is 1. The highest BCUT2D eigenvalue weighted by molar-refractivity contribution is 7.90. The van der Waals surface area contributed by atoms with Crippen LogP contribution < -0.4 is 9.46 Å². The average molecular weight is 441 g/mol. The van der Waals surface area contributed by atoms with Gasteiger partial charge >= 0.3 is 0 Å². The number of hydrogen-bond donors (Lipinski definition) is 1. The van der Waals surface area contributed by atoms with Crippen LogP contribution in [0.2, 0.25) is 0 Å². The Labute approximate surface area is 170 Å². The molecule has 0 aliphatic heterocycles. The zero-order valence-electron chi connectivity index (χ0n) is 16.2. The Bertz CT molecular complexity index is 1230. The zero-order chi connectivity index (χ0) is 22.2. The lowest BCUT2D eigenvalue weighted by molar-refractivity contribution is -0.123. The summed E-state index contributed by atoms with van der Waals surface area (Å²) in [5, 5.41) is 0. The largest absolute Gasteiger partial charge is 0.497 e. The van der Waals surface area contributed by atoms with Crippen LogP contribution in [0.1, 0.15) is 19.9 Å². The Hall–Kier alpha value is -3.08. The summed E-state index contributed by atoms with van der Waals surface area (Å²) >= 11 is 0. The van der Waals surface area contributed by atoms with Crippen LogP contribution >= 0.6 is 0 Å². The van der Waals surface area contributed by atoms with E-state index in [9.17, 15) is 26.4 Å². The van der Waals surface area contributed by atoms with Crippen LogP contribution in [0.25, 0.3) is 11.0 Å². The summed E-state index contributed by atoms with van der Waals surface area (Å²) in [6.45, 7) is 3.29. The number of sulfonamides is 1. The van der Waals surface area contributed by atoms with E-state index in [1.54, 1.807) is 13.8 Å². The summed E-state index contributed by atoms with van der Waals surface area (Å²) < 4.78 is 74.2. The van der Waals surface area contributed by atoms with E-state index in [0.29, 0.717) is 0 Å². The Morgan fingerprint density at radius 1 is 1.10 bits per heavy atom. The van der Waals surface area contributed by atoms with Gasteiger partial charge < -0.3 is 9.30 Å². The normalized spacial score (nSPS) is 12.9. The first kappa shape index (κ1) is 21.6. The van der Waals surface area contributed by atoms with E-state index in [-0.39, 0.29) is 16.8 Å². The van der Waals surface area contributed by atoms with Crippen molar-refractivity contribution in [3.63, 3.8) is 0 Å². The number of ether oxygens (including phenoxy) is 1. The molecule has 1 amide bonds. The van der Waals surface area contributed by atoms with Gasteiger partial charge in [-0.05, 0) is 12.0 Å². The van der Waals surface area contributed by atoms with Gasteiger partial charge in [-0.15, -0.1) is 0 Å². The molecule has 1 heterocycles. The van der Waals surface area contributed by atoms with Gasteiger partial charge in [0.25, 0.3) is 15.9 Å². The number of halogens is 3. The van der Waals surface area contributed by atoms with E-state index >= 15 is 0 Å². The first-order chi connectivity index (χ1) is 14.0. The van der Waals surface area contributed by atoms with Crippen molar-refractivity contribution in [2.75, 3.05) is 7.11 Å². The molecule has 0 fully saturated rings. The number of benzene rings is 2. The van der Waals surface area contributed by atoms with E-state index in [1.807, 2.05) is 4.72 Å². The van der Waals surface area contributed by atoms with Gasteiger partial charge in [-0.25, -0.2) is 31.3 Å². The van der Waals surface area contributed by atoms with Gasteiger partial charge in [0.2, 0.25) is 0 Å². The van der Waals surface area contributed by atoms with Crippen molar-refractivity contribution < 1.29 is 31.1 Å². The summed E-state index contributed by atoms with van der Waals surface area (Å²) in [5.74, 6) is -4.53. The second-order valence-electron chi connectivity index (χ2n) is 6.89. The topological polar surface area (TPSA) is 90.3 Å².